The Balaban J connectivity index is 2.06. The molecular formula is C10H8INO2S2. The minimum absolute atomic E-state index is 0.101. The molecule has 84 valence electrons. The Labute approximate surface area is 114 Å². The predicted molar refractivity (Wildman–Crippen MR) is 73.1 cm³/mol. The fourth-order valence-corrected chi connectivity index (χ4v) is 5.11. The highest BCUT2D eigenvalue weighted by Crippen LogP contribution is 2.52. The third-order valence-electron chi connectivity index (χ3n) is 2.86. The Bertz CT molecular complexity index is 539. The van der Waals surface area contributed by atoms with E-state index >= 15 is 0 Å². The van der Waals surface area contributed by atoms with Gasteiger partial charge in [-0.05, 0) is 41.5 Å². The topological polar surface area (TPSA) is 39.2 Å². The van der Waals surface area contributed by atoms with Crippen LogP contribution in [0.2, 0.25) is 0 Å². The van der Waals surface area contributed by atoms with Gasteiger partial charge in [0, 0.05) is 4.88 Å². The second kappa shape index (κ2) is 3.64. The van der Waals surface area contributed by atoms with E-state index in [1.54, 1.807) is 22.7 Å². The van der Waals surface area contributed by atoms with Crippen LogP contribution < -0.4 is 0 Å². The Morgan fingerprint density at radius 2 is 2.31 bits per heavy atom. The molecule has 1 aliphatic rings. The van der Waals surface area contributed by atoms with E-state index in [1.807, 2.05) is 0 Å². The summed E-state index contributed by atoms with van der Waals surface area (Å²) in [6.45, 7) is 0. The lowest BCUT2D eigenvalue weighted by molar-refractivity contribution is -0.143. The first-order valence-electron chi connectivity index (χ1n) is 4.80. The molecular weight excluding hydrogens is 357 g/mol. The number of halogens is 1. The number of rotatable bonds is 2. The fourth-order valence-electron chi connectivity index (χ4n) is 1.82. The summed E-state index contributed by atoms with van der Waals surface area (Å²) >= 11 is 5.52. The molecule has 0 amide bonds. The lowest BCUT2D eigenvalue weighted by Gasteiger charge is -2.08. The molecule has 0 unspecified atom stereocenters. The SMILES string of the molecule is COC(=O)C1(c2cc3sc(I)nc3s2)CC1. The lowest BCUT2D eigenvalue weighted by Crippen LogP contribution is -2.20. The van der Waals surface area contributed by atoms with Gasteiger partial charge in [-0.3, -0.25) is 4.79 Å². The number of carbonyl (C=O) groups excluding carboxylic acids is 1. The number of thiazole rings is 1. The van der Waals surface area contributed by atoms with Crippen LogP contribution in [0.25, 0.3) is 9.53 Å². The van der Waals surface area contributed by atoms with Gasteiger partial charge in [0.05, 0.1) is 11.8 Å². The summed E-state index contributed by atoms with van der Waals surface area (Å²) in [7, 11) is 1.46. The van der Waals surface area contributed by atoms with Crippen LogP contribution in [-0.4, -0.2) is 18.1 Å². The monoisotopic (exact) mass is 365 g/mol. The van der Waals surface area contributed by atoms with E-state index in [2.05, 4.69) is 33.6 Å². The van der Waals surface area contributed by atoms with Crippen molar-refractivity contribution < 1.29 is 9.53 Å². The Morgan fingerprint density at radius 1 is 1.56 bits per heavy atom. The van der Waals surface area contributed by atoms with Crippen LogP contribution in [0.3, 0.4) is 0 Å². The van der Waals surface area contributed by atoms with Gasteiger partial charge >= 0.3 is 5.97 Å². The molecule has 1 fully saturated rings. The average Bonchev–Trinajstić information content (AvgIpc) is 2.87. The summed E-state index contributed by atoms with van der Waals surface area (Å²) < 4.78 is 7.11. The van der Waals surface area contributed by atoms with Gasteiger partial charge in [0.15, 0.2) is 3.01 Å². The molecule has 1 saturated carbocycles. The number of hydrogen-bond acceptors (Lipinski definition) is 5. The number of esters is 1. The quantitative estimate of drug-likeness (QED) is 0.606. The molecule has 3 nitrogen and oxygen atoms in total. The maximum absolute atomic E-state index is 11.7. The standard InChI is InChI=1S/C10H8INO2S2/c1-14-8(13)10(2-3-10)6-4-5-7(16-6)12-9(11)15-5/h4H,2-3H2,1H3. The molecule has 0 atom stereocenters. The van der Waals surface area contributed by atoms with Crippen molar-refractivity contribution in [3.63, 3.8) is 0 Å². The summed E-state index contributed by atoms with van der Waals surface area (Å²) in [4.78, 5) is 18.3. The van der Waals surface area contributed by atoms with Crippen molar-refractivity contribution in [2.75, 3.05) is 7.11 Å². The highest BCUT2D eigenvalue weighted by molar-refractivity contribution is 14.1. The van der Waals surface area contributed by atoms with Gasteiger partial charge in [-0.1, -0.05) is 0 Å². The molecule has 1 aliphatic carbocycles. The summed E-state index contributed by atoms with van der Waals surface area (Å²) in [6.07, 6.45) is 1.81. The smallest absolute Gasteiger partial charge is 0.317 e. The largest absolute Gasteiger partial charge is 0.468 e. The molecule has 0 N–H and O–H groups in total. The molecule has 0 bridgehead atoms. The first-order chi connectivity index (χ1) is 7.65. The van der Waals surface area contributed by atoms with E-state index in [-0.39, 0.29) is 11.4 Å². The number of hydrogen-bond donors (Lipinski definition) is 0. The zero-order valence-electron chi connectivity index (χ0n) is 8.45. The Hall–Kier alpha value is -0.210. The first-order valence-corrected chi connectivity index (χ1v) is 7.52. The molecule has 0 aliphatic heterocycles. The van der Waals surface area contributed by atoms with Gasteiger partial charge in [-0.2, -0.15) is 0 Å². The van der Waals surface area contributed by atoms with Crippen molar-refractivity contribution in [3.05, 3.63) is 14.0 Å². The molecule has 0 radical (unpaired) electrons. The lowest BCUT2D eigenvalue weighted by atomic mass is 10.1. The molecule has 2 aromatic heterocycles. The van der Waals surface area contributed by atoms with Crippen molar-refractivity contribution in [1.29, 1.82) is 0 Å². The van der Waals surface area contributed by atoms with Gasteiger partial charge in [0.25, 0.3) is 0 Å². The van der Waals surface area contributed by atoms with Crippen molar-refractivity contribution in [1.82, 2.24) is 4.98 Å². The van der Waals surface area contributed by atoms with Crippen molar-refractivity contribution in [3.8, 4) is 0 Å². The fraction of sp³-hybridized carbons (Fsp3) is 0.400. The molecule has 3 rings (SSSR count). The molecule has 16 heavy (non-hydrogen) atoms. The van der Waals surface area contributed by atoms with Gasteiger partial charge in [-0.25, -0.2) is 4.98 Å². The van der Waals surface area contributed by atoms with Gasteiger partial charge in [0.2, 0.25) is 0 Å². The number of fused-ring (bicyclic) bond motifs is 1. The van der Waals surface area contributed by atoms with Crippen LogP contribution in [0.5, 0.6) is 0 Å². The zero-order chi connectivity index (χ0) is 11.3. The van der Waals surface area contributed by atoms with Crippen molar-refractivity contribution >= 4 is 60.8 Å². The van der Waals surface area contributed by atoms with E-state index in [1.165, 1.54) is 11.8 Å². The average molecular weight is 365 g/mol. The minimum Gasteiger partial charge on any atom is -0.468 e. The number of methoxy groups -OCH3 is 1. The van der Waals surface area contributed by atoms with Crippen LogP contribution in [0.15, 0.2) is 6.07 Å². The summed E-state index contributed by atoms with van der Waals surface area (Å²) in [5.41, 5.74) is -0.342. The maximum atomic E-state index is 11.7. The highest BCUT2D eigenvalue weighted by atomic mass is 127. The van der Waals surface area contributed by atoms with Gasteiger partial charge in [0.1, 0.15) is 10.2 Å². The molecule has 0 spiro atoms. The van der Waals surface area contributed by atoms with Crippen LogP contribution in [-0.2, 0) is 14.9 Å². The number of thiophene rings is 1. The number of carbonyl (C=O) groups is 1. The van der Waals surface area contributed by atoms with Crippen LogP contribution in [0.1, 0.15) is 17.7 Å². The van der Waals surface area contributed by atoms with E-state index in [9.17, 15) is 4.79 Å². The van der Waals surface area contributed by atoms with Gasteiger partial charge < -0.3 is 4.74 Å². The van der Waals surface area contributed by atoms with E-state index < -0.39 is 0 Å². The summed E-state index contributed by atoms with van der Waals surface area (Å²) in [6, 6.07) is 2.10. The highest BCUT2D eigenvalue weighted by Gasteiger charge is 2.53. The van der Waals surface area contributed by atoms with Crippen molar-refractivity contribution in [2.24, 2.45) is 0 Å². The Morgan fingerprint density at radius 3 is 2.88 bits per heavy atom. The maximum Gasteiger partial charge on any atom is 0.317 e. The van der Waals surface area contributed by atoms with Crippen LogP contribution in [0.4, 0.5) is 0 Å². The van der Waals surface area contributed by atoms with E-state index in [4.69, 9.17) is 4.74 Å². The predicted octanol–water partition coefficient (Wildman–Crippen LogP) is 3.17. The zero-order valence-corrected chi connectivity index (χ0v) is 12.2. The Kier molecular flexibility index (Phi) is 2.48. The molecule has 0 aromatic carbocycles. The third-order valence-corrected chi connectivity index (χ3v) is 5.92. The number of ether oxygens (including phenoxy) is 1. The van der Waals surface area contributed by atoms with Crippen LogP contribution in [0, 0.1) is 3.01 Å². The van der Waals surface area contributed by atoms with Crippen LogP contribution >= 0.6 is 45.3 Å². The molecule has 2 aromatic rings. The summed E-state index contributed by atoms with van der Waals surface area (Å²) in [5.74, 6) is -0.101. The van der Waals surface area contributed by atoms with Gasteiger partial charge in [-0.15, -0.1) is 22.7 Å². The van der Waals surface area contributed by atoms with E-state index in [0.29, 0.717) is 0 Å². The molecule has 2 heterocycles. The number of aromatic nitrogens is 1. The third kappa shape index (κ3) is 1.50. The molecule has 0 saturated heterocycles. The van der Waals surface area contributed by atoms with Crippen molar-refractivity contribution in [2.45, 2.75) is 18.3 Å². The normalized spacial score (nSPS) is 17.6. The minimum atomic E-state index is -0.342. The number of nitrogens with zero attached hydrogens (tertiary/aromatic N) is 1. The van der Waals surface area contributed by atoms with E-state index in [0.717, 1.165) is 25.6 Å². The first kappa shape index (κ1) is 10.9. The second-order valence-electron chi connectivity index (χ2n) is 3.82. The second-order valence-corrected chi connectivity index (χ2v) is 7.64. The summed E-state index contributed by atoms with van der Waals surface area (Å²) in [5, 5.41) is 0. The molecule has 6 heteroatoms.